The summed E-state index contributed by atoms with van der Waals surface area (Å²) >= 11 is 2.50. The Hall–Kier alpha value is -2.40. The zero-order valence-electron chi connectivity index (χ0n) is 15.4. The van der Waals surface area contributed by atoms with Gasteiger partial charge in [0.05, 0.1) is 22.1 Å². The van der Waals surface area contributed by atoms with Crippen molar-refractivity contribution < 1.29 is 0 Å². The van der Waals surface area contributed by atoms with E-state index in [2.05, 4.69) is 90.2 Å². The van der Waals surface area contributed by atoms with E-state index in [1.165, 1.54) is 63.7 Å². The summed E-state index contributed by atoms with van der Waals surface area (Å²) in [5.74, 6) is 0. The van der Waals surface area contributed by atoms with Crippen LogP contribution in [0, 0.1) is 24.3 Å². The maximum atomic E-state index is 4.85. The molecule has 130 valence electrons. The third-order valence-corrected chi connectivity index (χ3v) is 6.72. The highest BCUT2D eigenvalue weighted by Crippen LogP contribution is 2.43. The van der Waals surface area contributed by atoms with E-state index in [0.717, 1.165) is 5.52 Å². The molecule has 3 aromatic heterocycles. The molecule has 0 spiro atoms. The van der Waals surface area contributed by atoms with Crippen LogP contribution in [0.4, 0.5) is 0 Å². The molecule has 0 aliphatic heterocycles. The lowest BCUT2D eigenvalue weighted by Crippen LogP contribution is -1.97. The number of pyridine rings is 2. The average molecular weight is 460 g/mol. The number of hydrogen-bond donors (Lipinski definition) is 0. The number of halogens is 1. The van der Waals surface area contributed by atoms with Crippen LogP contribution in [0.2, 0.25) is 0 Å². The van der Waals surface area contributed by atoms with Crippen LogP contribution >= 0.6 is 22.6 Å². The molecule has 0 amide bonds. The summed E-state index contributed by atoms with van der Waals surface area (Å²) in [6.45, 7) is 6.61. The summed E-state index contributed by atoms with van der Waals surface area (Å²) in [6, 6.07) is 15.7. The van der Waals surface area contributed by atoms with Crippen molar-refractivity contribution in [3.8, 4) is 0 Å². The molecule has 0 unspecified atom stereocenters. The third-order valence-electron chi connectivity index (χ3n) is 5.87. The number of rotatable bonds is 0. The SMILES string of the molecule is Cc1cc(C)c2c(c1)c1nccc3cc(I)c4c5c(C)cccc5n2c4c31. The molecular weight excluding hydrogens is 443 g/mol. The van der Waals surface area contributed by atoms with E-state index in [-0.39, 0.29) is 0 Å². The molecule has 0 N–H and O–H groups in total. The van der Waals surface area contributed by atoms with Gasteiger partial charge in [0.2, 0.25) is 0 Å². The number of aryl methyl sites for hydroxylation is 3. The maximum Gasteiger partial charge on any atom is 0.0822 e. The molecule has 0 saturated carbocycles. The smallest absolute Gasteiger partial charge is 0.0822 e. The highest BCUT2D eigenvalue weighted by atomic mass is 127. The molecule has 27 heavy (non-hydrogen) atoms. The molecule has 3 heterocycles. The third kappa shape index (κ3) is 1.83. The molecule has 2 nitrogen and oxygen atoms in total. The van der Waals surface area contributed by atoms with Crippen molar-refractivity contribution in [1.29, 1.82) is 0 Å². The van der Waals surface area contributed by atoms with Crippen LogP contribution in [-0.2, 0) is 0 Å². The summed E-state index contributed by atoms with van der Waals surface area (Å²) in [6.07, 6.45) is 1.95. The normalized spacial score (nSPS) is 12.4. The molecule has 3 heteroatoms. The van der Waals surface area contributed by atoms with Crippen molar-refractivity contribution in [2.24, 2.45) is 0 Å². The van der Waals surface area contributed by atoms with E-state index < -0.39 is 0 Å². The lowest BCUT2D eigenvalue weighted by molar-refractivity contribution is 1.29. The van der Waals surface area contributed by atoms with Crippen LogP contribution in [0.15, 0.2) is 48.7 Å². The molecular formula is C24H17IN2. The van der Waals surface area contributed by atoms with Gasteiger partial charge in [-0.25, -0.2) is 0 Å². The van der Waals surface area contributed by atoms with Crippen molar-refractivity contribution in [2.75, 3.05) is 0 Å². The molecule has 0 aliphatic rings. The van der Waals surface area contributed by atoms with Gasteiger partial charge in [-0.05, 0) is 84.1 Å². The second-order valence-electron chi connectivity index (χ2n) is 7.62. The predicted octanol–water partition coefficient (Wildman–Crippen LogP) is 6.91. The lowest BCUT2D eigenvalue weighted by Gasteiger charge is -2.15. The molecule has 0 atom stereocenters. The van der Waals surface area contributed by atoms with Gasteiger partial charge in [-0.2, -0.15) is 0 Å². The van der Waals surface area contributed by atoms with Crippen molar-refractivity contribution in [3.05, 3.63) is 68.9 Å². The summed E-state index contributed by atoms with van der Waals surface area (Å²) in [4.78, 5) is 4.85. The molecule has 3 aromatic carbocycles. The van der Waals surface area contributed by atoms with Crippen LogP contribution in [-0.4, -0.2) is 9.38 Å². The van der Waals surface area contributed by atoms with Crippen LogP contribution in [0.25, 0.3) is 49.0 Å². The first-order valence-corrected chi connectivity index (χ1v) is 10.3. The minimum atomic E-state index is 1.11. The largest absolute Gasteiger partial charge is 0.308 e. The van der Waals surface area contributed by atoms with Gasteiger partial charge in [-0.15, -0.1) is 0 Å². The number of benzene rings is 3. The fourth-order valence-electron chi connectivity index (χ4n) is 4.91. The van der Waals surface area contributed by atoms with Crippen LogP contribution in [0.5, 0.6) is 0 Å². The Morgan fingerprint density at radius 1 is 0.852 bits per heavy atom. The van der Waals surface area contributed by atoms with Gasteiger partial charge in [-0.1, -0.05) is 23.8 Å². The lowest BCUT2D eigenvalue weighted by atomic mass is 9.99. The Kier molecular flexibility index (Phi) is 2.96. The molecule has 0 bridgehead atoms. The van der Waals surface area contributed by atoms with Crippen molar-refractivity contribution in [2.45, 2.75) is 20.8 Å². The van der Waals surface area contributed by atoms with Gasteiger partial charge >= 0.3 is 0 Å². The molecule has 0 fully saturated rings. The summed E-state index contributed by atoms with van der Waals surface area (Å²) in [5.41, 5.74) is 8.90. The quantitative estimate of drug-likeness (QED) is 0.137. The maximum absolute atomic E-state index is 4.85. The first-order chi connectivity index (χ1) is 13.1. The van der Waals surface area contributed by atoms with Gasteiger partial charge in [0.25, 0.3) is 0 Å². The standard InChI is InChI=1S/C24H17IN2/c1-12-9-14(3)23-16(10-12)22-20-15(7-8-26-22)11-17(25)21-19-13(2)5-4-6-18(19)27(23)24(20)21/h4-11H,1-3H3. The number of hydrogen-bond acceptors (Lipinski definition) is 1. The predicted molar refractivity (Wildman–Crippen MR) is 123 cm³/mol. The molecule has 0 aliphatic carbocycles. The molecule has 0 saturated heterocycles. The van der Waals surface area contributed by atoms with E-state index in [1.54, 1.807) is 0 Å². The van der Waals surface area contributed by atoms with E-state index in [1.807, 2.05) is 6.20 Å². The van der Waals surface area contributed by atoms with Crippen LogP contribution in [0.3, 0.4) is 0 Å². The van der Waals surface area contributed by atoms with Gasteiger partial charge in [0, 0.05) is 31.3 Å². The van der Waals surface area contributed by atoms with E-state index >= 15 is 0 Å². The van der Waals surface area contributed by atoms with E-state index in [0.29, 0.717) is 0 Å². The Morgan fingerprint density at radius 3 is 2.56 bits per heavy atom. The highest BCUT2D eigenvalue weighted by molar-refractivity contribution is 14.1. The highest BCUT2D eigenvalue weighted by Gasteiger charge is 2.22. The van der Waals surface area contributed by atoms with E-state index in [9.17, 15) is 0 Å². The Balaban J connectivity index is 2.17. The zero-order valence-corrected chi connectivity index (χ0v) is 17.5. The van der Waals surface area contributed by atoms with Crippen molar-refractivity contribution in [1.82, 2.24) is 9.38 Å². The van der Waals surface area contributed by atoms with Crippen molar-refractivity contribution >= 4 is 71.6 Å². The first kappa shape index (κ1) is 15.6. The summed E-state index contributed by atoms with van der Waals surface area (Å²) < 4.78 is 3.79. The monoisotopic (exact) mass is 460 g/mol. The number of aromatic nitrogens is 2. The summed E-state index contributed by atoms with van der Waals surface area (Å²) in [5, 5.41) is 6.51. The molecule has 6 aromatic rings. The van der Waals surface area contributed by atoms with Gasteiger partial charge in [0.1, 0.15) is 0 Å². The van der Waals surface area contributed by atoms with Gasteiger partial charge in [0.15, 0.2) is 0 Å². The number of nitrogens with zero attached hydrogens (tertiary/aromatic N) is 2. The molecule has 0 radical (unpaired) electrons. The minimum Gasteiger partial charge on any atom is -0.308 e. The van der Waals surface area contributed by atoms with Gasteiger partial charge in [-0.3, -0.25) is 4.98 Å². The Bertz CT molecular complexity index is 1560. The Morgan fingerprint density at radius 2 is 1.70 bits per heavy atom. The zero-order chi connectivity index (χ0) is 18.4. The topological polar surface area (TPSA) is 17.3 Å². The van der Waals surface area contributed by atoms with Crippen LogP contribution < -0.4 is 0 Å². The minimum absolute atomic E-state index is 1.11. The van der Waals surface area contributed by atoms with Crippen LogP contribution in [0.1, 0.15) is 16.7 Å². The number of fused-ring (bicyclic) bond motifs is 6. The van der Waals surface area contributed by atoms with Gasteiger partial charge < -0.3 is 4.40 Å². The average Bonchev–Trinajstić information content (AvgIpc) is 2.98. The summed E-state index contributed by atoms with van der Waals surface area (Å²) in [7, 11) is 0. The molecule has 6 rings (SSSR count). The second-order valence-corrected chi connectivity index (χ2v) is 8.78. The fraction of sp³-hybridized carbons (Fsp3) is 0.125. The first-order valence-electron chi connectivity index (χ1n) is 9.19. The van der Waals surface area contributed by atoms with Crippen molar-refractivity contribution in [3.63, 3.8) is 0 Å². The fourth-order valence-corrected chi connectivity index (χ4v) is 5.77. The Labute approximate surface area is 170 Å². The van der Waals surface area contributed by atoms with E-state index in [4.69, 9.17) is 4.98 Å². The second kappa shape index (κ2) is 5.10.